The number of methoxy groups -OCH3 is 1. The van der Waals surface area contributed by atoms with Crippen LogP contribution in [0.5, 0.6) is 5.75 Å². The van der Waals surface area contributed by atoms with Crippen molar-refractivity contribution >= 4 is 5.91 Å². The predicted molar refractivity (Wildman–Crippen MR) is 71.7 cm³/mol. The smallest absolute Gasteiger partial charge is 0.242 e. The third kappa shape index (κ3) is 3.05. The van der Waals surface area contributed by atoms with Gasteiger partial charge in [-0.3, -0.25) is 4.79 Å². The number of nitrogens with zero attached hydrogens (tertiary/aromatic N) is 1. The largest absolute Gasteiger partial charge is 0.497 e. The summed E-state index contributed by atoms with van der Waals surface area (Å²) in [6.07, 6.45) is 1.03. The molecule has 0 spiro atoms. The minimum atomic E-state index is -0.987. The summed E-state index contributed by atoms with van der Waals surface area (Å²) < 4.78 is 5.05. The summed E-state index contributed by atoms with van der Waals surface area (Å²) in [7, 11) is 1.58. The van der Waals surface area contributed by atoms with E-state index in [1.807, 2.05) is 0 Å². The lowest BCUT2D eigenvalue weighted by molar-refractivity contribution is -0.134. The van der Waals surface area contributed by atoms with E-state index in [9.17, 15) is 9.90 Å². The van der Waals surface area contributed by atoms with Crippen LogP contribution in [0.25, 0.3) is 0 Å². The van der Waals surface area contributed by atoms with Crippen LogP contribution in [0.4, 0.5) is 0 Å². The standard InChI is InChI=1S/C14H20N2O3/c1-19-11-6-4-10(5-7-11)13(17)12(15)14(18)16-8-2-3-9-16/h4-7,12-13,17H,2-3,8-9,15H2,1H3/t12-,13?/m1/s1. The molecule has 3 N–H and O–H groups in total. The van der Waals surface area contributed by atoms with Crippen molar-refractivity contribution in [2.75, 3.05) is 20.2 Å². The number of ether oxygens (including phenoxy) is 1. The molecule has 1 saturated heterocycles. The summed E-state index contributed by atoms with van der Waals surface area (Å²) in [5.74, 6) is 0.524. The molecule has 0 bridgehead atoms. The van der Waals surface area contributed by atoms with Crippen molar-refractivity contribution in [1.82, 2.24) is 4.90 Å². The molecular weight excluding hydrogens is 244 g/mol. The van der Waals surface area contributed by atoms with Crippen molar-refractivity contribution < 1.29 is 14.6 Å². The van der Waals surface area contributed by atoms with Gasteiger partial charge in [0.25, 0.3) is 0 Å². The van der Waals surface area contributed by atoms with Gasteiger partial charge in [-0.2, -0.15) is 0 Å². The Morgan fingerprint density at radius 2 is 1.89 bits per heavy atom. The number of rotatable bonds is 4. The summed E-state index contributed by atoms with van der Waals surface area (Å²) in [5, 5.41) is 10.2. The fraction of sp³-hybridized carbons (Fsp3) is 0.500. The summed E-state index contributed by atoms with van der Waals surface area (Å²) in [5.41, 5.74) is 6.50. The number of likely N-dealkylation sites (tertiary alicyclic amines) is 1. The van der Waals surface area contributed by atoms with Crippen LogP contribution in [0.1, 0.15) is 24.5 Å². The van der Waals surface area contributed by atoms with E-state index >= 15 is 0 Å². The van der Waals surface area contributed by atoms with Crippen molar-refractivity contribution in [2.45, 2.75) is 25.0 Å². The van der Waals surface area contributed by atoms with Crippen LogP contribution in [0.3, 0.4) is 0 Å². The second-order valence-electron chi connectivity index (χ2n) is 4.78. The number of nitrogens with two attached hydrogens (primary N) is 1. The lowest BCUT2D eigenvalue weighted by Gasteiger charge is -2.24. The SMILES string of the molecule is COc1ccc(C(O)[C@@H](N)C(=O)N2CCCC2)cc1. The molecule has 1 aliphatic heterocycles. The topological polar surface area (TPSA) is 75.8 Å². The third-order valence-electron chi connectivity index (χ3n) is 3.50. The molecule has 1 heterocycles. The molecule has 1 amide bonds. The molecule has 5 nitrogen and oxygen atoms in total. The van der Waals surface area contributed by atoms with Crippen LogP contribution in [0, 0.1) is 0 Å². The van der Waals surface area contributed by atoms with Crippen molar-refractivity contribution in [3.8, 4) is 5.75 Å². The predicted octanol–water partition coefficient (Wildman–Crippen LogP) is 0.678. The Kier molecular flexibility index (Phi) is 4.39. The Balaban J connectivity index is 2.04. The molecule has 1 unspecified atom stereocenters. The molecule has 5 heteroatoms. The van der Waals surface area contributed by atoms with E-state index in [0.717, 1.165) is 25.9 Å². The second-order valence-corrected chi connectivity index (χ2v) is 4.78. The van der Waals surface area contributed by atoms with Gasteiger partial charge in [0.15, 0.2) is 0 Å². The molecule has 19 heavy (non-hydrogen) atoms. The molecule has 0 saturated carbocycles. The molecular formula is C14H20N2O3. The molecule has 0 aromatic heterocycles. The lowest BCUT2D eigenvalue weighted by atomic mass is 10.0. The molecule has 1 aromatic carbocycles. The molecule has 1 fully saturated rings. The highest BCUT2D eigenvalue weighted by molar-refractivity contribution is 5.82. The lowest BCUT2D eigenvalue weighted by Crippen LogP contribution is -2.45. The normalized spacial score (nSPS) is 18.2. The van der Waals surface area contributed by atoms with Gasteiger partial charge in [-0.05, 0) is 30.5 Å². The van der Waals surface area contributed by atoms with Gasteiger partial charge < -0.3 is 20.5 Å². The third-order valence-corrected chi connectivity index (χ3v) is 3.50. The molecule has 1 aliphatic rings. The average molecular weight is 264 g/mol. The van der Waals surface area contributed by atoms with Crippen LogP contribution < -0.4 is 10.5 Å². The quantitative estimate of drug-likeness (QED) is 0.838. The van der Waals surface area contributed by atoms with Crippen LogP contribution in [0.15, 0.2) is 24.3 Å². The first-order valence-electron chi connectivity index (χ1n) is 6.50. The number of hydrogen-bond donors (Lipinski definition) is 2. The zero-order chi connectivity index (χ0) is 13.8. The van der Waals surface area contributed by atoms with Crippen molar-refractivity contribution in [1.29, 1.82) is 0 Å². The first kappa shape index (κ1) is 13.8. The van der Waals surface area contributed by atoms with Gasteiger partial charge in [0.1, 0.15) is 17.9 Å². The van der Waals surface area contributed by atoms with Crippen molar-refractivity contribution in [3.63, 3.8) is 0 Å². The number of amides is 1. The van der Waals surface area contributed by atoms with Crippen molar-refractivity contribution in [3.05, 3.63) is 29.8 Å². The van der Waals surface area contributed by atoms with E-state index < -0.39 is 12.1 Å². The van der Waals surface area contributed by atoms with E-state index in [0.29, 0.717) is 11.3 Å². The Labute approximate surface area is 113 Å². The summed E-state index contributed by atoms with van der Waals surface area (Å²) in [6.45, 7) is 1.48. The first-order chi connectivity index (χ1) is 9.13. The van der Waals surface area contributed by atoms with E-state index in [1.54, 1.807) is 36.3 Å². The Morgan fingerprint density at radius 3 is 2.42 bits per heavy atom. The number of benzene rings is 1. The molecule has 1 aromatic rings. The molecule has 0 radical (unpaired) electrons. The molecule has 0 aliphatic carbocycles. The van der Waals surface area contributed by atoms with Crippen molar-refractivity contribution in [2.24, 2.45) is 5.73 Å². The molecule has 104 valence electrons. The van der Waals surface area contributed by atoms with E-state index in [-0.39, 0.29) is 5.91 Å². The van der Waals surface area contributed by atoms with Crippen LogP contribution >= 0.6 is 0 Å². The van der Waals surface area contributed by atoms with Gasteiger partial charge in [-0.1, -0.05) is 12.1 Å². The Morgan fingerprint density at radius 1 is 1.32 bits per heavy atom. The van der Waals surface area contributed by atoms with Gasteiger partial charge in [0, 0.05) is 13.1 Å². The van der Waals surface area contributed by atoms with Gasteiger partial charge >= 0.3 is 0 Å². The maximum atomic E-state index is 12.1. The average Bonchev–Trinajstić information content (AvgIpc) is 2.99. The zero-order valence-corrected chi connectivity index (χ0v) is 11.1. The first-order valence-corrected chi connectivity index (χ1v) is 6.50. The number of aliphatic hydroxyl groups is 1. The highest BCUT2D eigenvalue weighted by Gasteiger charge is 2.29. The van der Waals surface area contributed by atoms with Crippen LogP contribution in [0.2, 0.25) is 0 Å². The number of aliphatic hydroxyl groups excluding tert-OH is 1. The summed E-state index contributed by atoms with van der Waals surface area (Å²) >= 11 is 0. The summed E-state index contributed by atoms with van der Waals surface area (Å²) in [6, 6.07) is 6.02. The number of carbonyl (C=O) groups is 1. The highest BCUT2D eigenvalue weighted by Crippen LogP contribution is 2.21. The van der Waals surface area contributed by atoms with Gasteiger partial charge in [0.2, 0.25) is 5.91 Å². The molecule has 2 rings (SSSR count). The minimum Gasteiger partial charge on any atom is -0.497 e. The molecule has 2 atom stereocenters. The monoisotopic (exact) mass is 264 g/mol. The minimum absolute atomic E-state index is 0.180. The van der Waals surface area contributed by atoms with Crippen LogP contribution in [-0.2, 0) is 4.79 Å². The van der Waals surface area contributed by atoms with E-state index in [4.69, 9.17) is 10.5 Å². The number of hydrogen-bond acceptors (Lipinski definition) is 4. The van der Waals surface area contributed by atoms with E-state index in [1.165, 1.54) is 0 Å². The van der Waals surface area contributed by atoms with Gasteiger partial charge in [0.05, 0.1) is 7.11 Å². The summed E-state index contributed by atoms with van der Waals surface area (Å²) in [4.78, 5) is 13.8. The fourth-order valence-electron chi connectivity index (χ4n) is 2.29. The Bertz CT molecular complexity index is 427. The Hall–Kier alpha value is -1.59. The van der Waals surface area contributed by atoms with Gasteiger partial charge in [-0.25, -0.2) is 0 Å². The maximum Gasteiger partial charge on any atom is 0.242 e. The maximum absolute atomic E-state index is 12.1. The van der Waals surface area contributed by atoms with Crippen LogP contribution in [-0.4, -0.2) is 42.2 Å². The van der Waals surface area contributed by atoms with E-state index in [2.05, 4.69) is 0 Å². The number of carbonyl (C=O) groups excluding carboxylic acids is 1. The fourth-order valence-corrected chi connectivity index (χ4v) is 2.29. The highest BCUT2D eigenvalue weighted by atomic mass is 16.5. The van der Waals surface area contributed by atoms with Gasteiger partial charge in [-0.15, -0.1) is 0 Å². The zero-order valence-electron chi connectivity index (χ0n) is 11.1. The second kappa shape index (κ2) is 6.04.